The van der Waals surface area contributed by atoms with Gasteiger partial charge in [0.2, 0.25) is 17.8 Å². The van der Waals surface area contributed by atoms with Gasteiger partial charge in [-0.05, 0) is 37.5 Å². The summed E-state index contributed by atoms with van der Waals surface area (Å²) in [6, 6.07) is 9.07. The van der Waals surface area contributed by atoms with Gasteiger partial charge in [-0.15, -0.1) is 0 Å². The number of aromatic amines is 1. The van der Waals surface area contributed by atoms with Crippen LogP contribution in [0.3, 0.4) is 0 Å². The summed E-state index contributed by atoms with van der Waals surface area (Å²) < 4.78 is 5.55. The van der Waals surface area contributed by atoms with E-state index in [1.165, 1.54) is 0 Å². The second-order valence-corrected chi connectivity index (χ2v) is 7.89. The first-order chi connectivity index (χ1) is 15.4. The summed E-state index contributed by atoms with van der Waals surface area (Å²) in [7, 11) is 0. The molecule has 2 aliphatic rings. The van der Waals surface area contributed by atoms with Gasteiger partial charge in [0.25, 0.3) is 5.56 Å². The maximum atomic E-state index is 13.2. The molecule has 4 rings (SSSR count). The number of hydrogen-bond acceptors (Lipinski definition) is 7. The molecule has 2 amide bonds. The van der Waals surface area contributed by atoms with Crippen LogP contribution in [-0.4, -0.2) is 41.5 Å². The third kappa shape index (κ3) is 3.89. The molecule has 2 aromatic rings. The third-order valence-electron chi connectivity index (χ3n) is 5.98. The van der Waals surface area contributed by atoms with Crippen LogP contribution in [0.2, 0.25) is 0 Å². The largest absolute Gasteiger partial charge is 0.494 e. The Kier molecular flexibility index (Phi) is 5.81. The van der Waals surface area contributed by atoms with Gasteiger partial charge in [0.1, 0.15) is 17.5 Å². The fourth-order valence-electron chi connectivity index (χ4n) is 4.35. The highest BCUT2D eigenvalue weighted by Crippen LogP contribution is 2.39. The molecule has 0 spiro atoms. The molecule has 1 aromatic carbocycles. The van der Waals surface area contributed by atoms with Crippen molar-refractivity contribution in [1.82, 2.24) is 9.97 Å². The first-order valence-corrected chi connectivity index (χ1v) is 10.5. The van der Waals surface area contributed by atoms with Crippen LogP contribution < -0.4 is 26.2 Å². The van der Waals surface area contributed by atoms with Crippen LogP contribution in [0.4, 0.5) is 11.8 Å². The molecule has 0 aliphatic carbocycles. The number of anilines is 2. The summed E-state index contributed by atoms with van der Waals surface area (Å²) in [5, 5.41) is 12.3. The summed E-state index contributed by atoms with van der Waals surface area (Å²) in [5.41, 5.74) is 5.83. The Morgan fingerprint density at radius 1 is 1.34 bits per heavy atom. The number of nitrogens with two attached hydrogens (primary N) is 1. The van der Waals surface area contributed by atoms with Gasteiger partial charge >= 0.3 is 0 Å². The number of fused-ring (bicyclic) bond motifs is 1. The topological polar surface area (TPSA) is 154 Å². The lowest BCUT2D eigenvalue weighted by molar-refractivity contribution is -0.122. The van der Waals surface area contributed by atoms with Crippen molar-refractivity contribution in [2.45, 2.75) is 25.7 Å². The number of H-pyrrole nitrogens is 1. The van der Waals surface area contributed by atoms with Crippen LogP contribution >= 0.6 is 0 Å². The zero-order chi connectivity index (χ0) is 22.8. The molecule has 3 heterocycles. The summed E-state index contributed by atoms with van der Waals surface area (Å²) in [6.45, 7) is 3.33. The summed E-state index contributed by atoms with van der Waals surface area (Å²) in [4.78, 5) is 46.5. The van der Waals surface area contributed by atoms with Gasteiger partial charge in [0.05, 0.1) is 18.2 Å². The van der Waals surface area contributed by atoms with E-state index in [4.69, 9.17) is 10.5 Å². The van der Waals surface area contributed by atoms with Crippen molar-refractivity contribution >= 4 is 23.6 Å². The molecule has 1 aromatic heterocycles. The van der Waals surface area contributed by atoms with E-state index in [-0.39, 0.29) is 23.2 Å². The number of nitrogens with one attached hydrogen (secondary N) is 2. The first-order valence-electron chi connectivity index (χ1n) is 10.5. The Hall–Kier alpha value is -3.87. The van der Waals surface area contributed by atoms with Gasteiger partial charge in [-0.3, -0.25) is 19.4 Å². The Morgan fingerprint density at radius 2 is 2.09 bits per heavy atom. The zero-order valence-corrected chi connectivity index (χ0v) is 17.6. The zero-order valence-electron chi connectivity index (χ0n) is 17.6. The molecular weight excluding hydrogens is 412 g/mol. The van der Waals surface area contributed by atoms with Gasteiger partial charge in [-0.1, -0.05) is 12.1 Å². The van der Waals surface area contributed by atoms with E-state index in [0.717, 1.165) is 0 Å². The van der Waals surface area contributed by atoms with Crippen molar-refractivity contribution in [3.63, 3.8) is 0 Å². The Bertz CT molecular complexity index is 1150. The molecule has 10 nitrogen and oxygen atoms in total. The van der Waals surface area contributed by atoms with Crippen LogP contribution in [0.25, 0.3) is 0 Å². The molecule has 1 saturated heterocycles. The molecule has 2 aliphatic heterocycles. The molecule has 1 fully saturated rings. The minimum Gasteiger partial charge on any atom is -0.494 e. The number of aromatic nitrogens is 2. The lowest BCUT2D eigenvalue weighted by atomic mass is 9.79. The maximum absolute atomic E-state index is 13.2. The molecule has 0 bridgehead atoms. The maximum Gasteiger partial charge on any atom is 0.258 e. The summed E-state index contributed by atoms with van der Waals surface area (Å²) >= 11 is 0. The second-order valence-electron chi connectivity index (χ2n) is 7.89. The Balaban J connectivity index is 1.73. The number of rotatable bonds is 5. The van der Waals surface area contributed by atoms with Crippen molar-refractivity contribution in [2.24, 2.45) is 17.6 Å². The number of amides is 2. The molecule has 0 radical (unpaired) electrons. The van der Waals surface area contributed by atoms with Crippen LogP contribution in [-0.2, 0) is 9.59 Å². The van der Waals surface area contributed by atoms with Crippen LogP contribution in [0.15, 0.2) is 29.1 Å². The summed E-state index contributed by atoms with van der Waals surface area (Å²) in [5.74, 6) is -1.86. The van der Waals surface area contributed by atoms with Crippen molar-refractivity contribution in [3.8, 4) is 11.8 Å². The van der Waals surface area contributed by atoms with E-state index >= 15 is 0 Å². The second kappa shape index (κ2) is 8.70. The highest BCUT2D eigenvalue weighted by molar-refractivity contribution is 5.98. The molecule has 10 heteroatoms. The predicted octanol–water partition coefficient (Wildman–Crippen LogP) is 1.09. The Labute approximate surface area is 184 Å². The third-order valence-corrected chi connectivity index (χ3v) is 5.98. The molecule has 166 valence electrons. The van der Waals surface area contributed by atoms with Gasteiger partial charge in [-0.2, -0.15) is 10.2 Å². The van der Waals surface area contributed by atoms with Gasteiger partial charge in [-0.25, -0.2) is 0 Å². The molecule has 32 heavy (non-hydrogen) atoms. The monoisotopic (exact) mass is 436 g/mol. The highest BCUT2D eigenvalue weighted by Gasteiger charge is 2.40. The number of nitrogens with zero attached hydrogens (tertiary/aromatic N) is 3. The van der Waals surface area contributed by atoms with Crippen molar-refractivity contribution < 1.29 is 14.3 Å². The fourth-order valence-corrected chi connectivity index (χ4v) is 4.35. The average Bonchev–Trinajstić information content (AvgIpc) is 2.78. The number of benzene rings is 1. The standard InChI is InChI=1S/C22H24N6O4/c1-2-32-14-5-3-4-13(10-14)16-15(11-23)20(30)25-19-17(16)21(31)27-22(26-19)28-8-6-12(7-9-28)18(24)29/h3-5,10,12,15-16H,2,6-9H2,1H3,(H2,24,29)(H2,25,26,27,30,31). The molecular formula is C22H24N6O4. The average molecular weight is 436 g/mol. The molecule has 4 N–H and O–H groups in total. The predicted molar refractivity (Wildman–Crippen MR) is 116 cm³/mol. The van der Waals surface area contributed by atoms with Crippen LogP contribution in [0.5, 0.6) is 5.75 Å². The number of primary amides is 1. The van der Waals surface area contributed by atoms with Gasteiger partial charge in [0.15, 0.2) is 0 Å². The molecule has 2 atom stereocenters. The van der Waals surface area contributed by atoms with Crippen molar-refractivity contribution in [1.29, 1.82) is 5.26 Å². The van der Waals surface area contributed by atoms with E-state index in [1.54, 1.807) is 24.3 Å². The molecule has 0 saturated carbocycles. The lowest BCUT2D eigenvalue weighted by Gasteiger charge is -2.33. The van der Waals surface area contributed by atoms with Crippen molar-refractivity contribution in [3.05, 3.63) is 45.7 Å². The minimum atomic E-state index is -1.08. The molecule has 2 unspecified atom stereocenters. The van der Waals surface area contributed by atoms with E-state index in [0.29, 0.717) is 49.8 Å². The number of nitriles is 1. The lowest BCUT2D eigenvalue weighted by Crippen LogP contribution is -2.42. The van der Waals surface area contributed by atoms with Gasteiger partial charge < -0.3 is 20.7 Å². The number of ether oxygens (including phenoxy) is 1. The fraction of sp³-hybridized carbons (Fsp3) is 0.409. The quantitative estimate of drug-likeness (QED) is 0.634. The number of hydrogen-bond donors (Lipinski definition) is 3. The summed E-state index contributed by atoms with van der Waals surface area (Å²) in [6.07, 6.45) is 1.12. The van der Waals surface area contributed by atoms with E-state index in [2.05, 4.69) is 15.3 Å². The van der Waals surface area contributed by atoms with Crippen LogP contribution in [0, 0.1) is 23.2 Å². The normalized spacial score (nSPS) is 20.8. The SMILES string of the molecule is CCOc1cccc(C2c3c(nc(N4CCC(C(N)=O)CC4)[nH]c3=O)NC(=O)C2C#N)c1. The first kappa shape index (κ1) is 21.4. The van der Waals surface area contributed by atoms with E-state index in [1.807, 2.05) is 17.9 Å². The van der Waals surface area contributed by atoms with Crippen LogP contribution in [0.1, 0.15) is 36.8 Å². The van der Waals surface area contributed by atoms with Crippen molar-refractivity contribution in [2.75, 3.05) is 29.9 Å². The number of carbonyl (C=O) groups is 2. The van der Waals surface area contributed by atoms with Gasteiger partial charge in [0, 0.05) is 24.9 Å². The minimum absolute atomic E-state index is 0.143. The Morgan fingerprint density at radius 3 is 2.75 bits per heavy atom. The van der Waals surface area contributed by atoms with E-state index < -0.39 is 23.3 Å². The number of piperidine rings is 1. The number of carbonyl (C=O) groups excluding carboxylic acids is 2. The highest BCUT2D eigenvalue weighted by atomic mass is 16.5. The smallest absolute Gasteiger partial charge is 0.258 e. The van der Waals surface area contributed by atoms with E-state index in [9.17, 15) is 19.6 Å².